The van der Waals surface area contributed by atoms with E-state index in [2.05, 4.69) is 72.3 Å². The number of methoxy groups -OCH3 is 1. The molecule has 4 aromatic rings. The molecule has 0 amide bonds. The Bertz CT molecular complexity index is 1190. The zero-order valence-electron chi connectivity index (χ0n) is 18.4. The minimum Gasteiger partial charge on any atom is -0.497 e. The van der Waals surface area contributed by atoms with Gasteiger partial charge in [-0.15, -0.1) is 10.2 Å². The minimum atomic E-state index is -0.101. The number of nitrogens with zero attached hydrogens (tertiary/aromatic N) is 4. The third-order valence-corrected chi connectivity index (χ3v) is 6.51. The molecule has 1 atom stereocenters. The molecule has 0 N–H and O–H groups in total. The molecule has 0 bridgehead atoms. The van der Waals surface area contributed by atoms with Crippen LogP contribution >= 0.6 is 15.9 Å². The van der Waals surface area contributed by atoms with Gasteiger partial charge in [0, 0.05) is 48.0 Å². The van der Waals surface area contributed by atoms with Crippen molar-refractivity contribution in [2.75, 3.05) is 38.2 Å². The quantitative estimate of drug-likeness (QED) is 0.349. The van der Waals surface area contributed by atoms with Gasteiger partial charge in [-0.25, -0.2) is 0 Å². The molecule has 33 heavy (non-hydrogen) atoms. The topological polar surface area (TPSA) is 54.6 Å². The van der Waals surface area contributed by atoms with E-state index in [1.165, 1.54) is 5.69 Å². The molecule has 1 fully saturated rings. The van der Waals surface area contributed by atoms with Gasteiger partial charge in [0.1, 0.15) is 11.8 Å². The zero-order valence-corrected chi connectivity index (χ0v) is 20.0. The van der Waals surface area contributed by atoms with Crippen molar-refractivity contribution in [3.05, 3.63) is 94.8 Å². The van der Waals surface area contributed by atoms with Gasteiger partial charge in [0.05, 0.1) is 7.11 Å². The summed E-state index contributed by atoms with van der Waals surface area (Å²) in [7, 11) is 1.70. The van der Waals surface area contributed by atoms with Crippen molar-refractivity contribution >= 4 is 21.6 Å². The van der Waals surface area contributed by atoms with Crippen LogP contribution in [-0.4, -0.2) is 48.4 Å². The highest BCUT2D eigenvalue weighted by atomic mass is 79.9. The summed E-state index contributed by atoms with van der Waals surface area (Å²) in [6.07, 6.45) is 0. The van der Waals surface area contributed by atoms with Crippen LogP contribution in [0.3, 0.4) is 0 Å². The van der Waals surface area contributed by atoms with Crippen LogP contribution in [0.1, 0.15) is 17.5 Å². The zero-order chi connectivity index (χ0) is 22.6. The normalized spacial score (nSPS) is 15.4. The number of hydrogen-bond donors (Lipinski definition) is 0. The van der Waals surface area contributed by atoms with Crippen LogP contribution in [0.4, 0.5) is 5.69 Å². The Morgan fingerprint density at radius 2 is 1.64 bits per heavy atom. The third-order valence-electron chi connectivity index (χ3n) is 5.98. The molecular formula is C26H25BrN4O2. The molecule has 1 aromatic heterocycles. The van der Waals surface area contributed by atoms with E-state index in [0.717, 1.165) is 47.5 Å². The monoisotopic (exact) mass is 504 g/mol. The maximum atomic E-state index is 6.21. The van der Waals surface area contributed by atoms with E-state index in [0.29, 0.717) is 11.8 Å². The molecule has 2 heterocycles. The summed E-state index contributed by atoms with van der Waals surface area (Å²) in [5.41, 5.74) is 3.24. The number of rotatable bonds is 6. The Kier molecular flexibility index (Phi) is 6.41. The number of aromatic nitrogens is 2. The first-order valence-corrected chi connectivity index (χ1v) is 11.8. The molecule has 0 saturated carbocycles. The maximum absolute atomic E-state index is 6.21. The van der Waals surface area contributed by atoms with Gasteiger partial charge in [0.2, 0.25) is 11.8 Å². The molecule has 0 radical (unpaired) electrons. The maximum Gasteiger partial charge on any atom is 0.247 e. The molecule has 6 nitrogen and oxygen atoms in total. The second-order valence-electron chi connectivity index (χ2n) is 7.99. The molecule has 0 spiro atoms. The Hall–Kier alpha value is -3.16. The van der Waals surface area contributed by atoms with Crippen LogP contribution in [0.5, 0.6) is 5.75 Å². The minimum absolute atomic E-state index is 0.101. The third kappa shape index (κ3) is 4.79. The van der Waals surface area contributed by atoms with Crippen LogP contribution in [-0.2, 0) is 0 Å². The van der Waals surface area contributed by atoms with Crippen molar-refractivity contribution in [3.63, 3.8) is 0 Å². The number of ether oxygens (including phenoxy) is 1. The van der Waals surface area contributed by atoms with E-state index < -0.39 is 0 Å². The summed E-state index contributed by atoms with van der Waals surface area (Å²) in [5.74, 6) is 2.04. The fourth-order valence-corrected chi connectivity index (χ4v) is 4.51. The Balaban J connectivity index is 1.40. The summed E-state index contributed by atoms with van der Waals surface area (Å²) in [6, 6.07) is 26.4. The largest absolute Gasteiger partial charge is 0.497 e. The van der Waals surface area contributed by atoms with Crippen LogP contribution in [0, 0.1) is 0 Å². The van der Waals surface area contributed by atoms with Crippen LogP contribution < -0.4 is 9.64 Å². The highest BCUT2D eigenvalue weighted by Gasteiger charge is 2.31. The average molecular weight is 505 g/mol. The number of hydrogen-bond acceptors (Lipinski definition) is 6. The highest BCUT2D eigenvalue weighted by molar-refractivity contribution is 9.10. The SMILES string of the molecule is COc1cccc(N2CCN([C@H](c3ccc(Br)cc3)c3nnc(-c4ccccc4)o3)CC2)c1. The van der Waals surface area contributed by atoms with E-state index in [1.807, 2.05) is 42.5 Å². The van der Waals surface area contributed by atoms with Crippen LogP contribution in [0.15, 0.2) is 87.8 Å². The first-order valence-electron chi connectivity index (χ1n) is 11.0. The molecule has 168 valence electrons. The van der Waals surface area contributed by atoms with Crippen LogP contribution in [0.25, 0.3) is 11.5 Å². The number of piperazine rings is 1. The lowest BCUT2D eigenvalue weighted by Gasteiger charge is -2.39. The fraction of sp³-hybridized carbons (Fsp3) is 0.231. The lowest BCUT2D eigenvalue weighted by atomic mass is 10.0. The summed E-state index contributed by atoms with van der Waals surface area (Å²) in [4.78, 5) is 4.81. The first kappa shape index (κ1) is 21.7. The van der Waals surface area contributed by atoms with Gasteiger partial charge in [-0.05, 0) is 42.0 Å². The van der Waals surface area contributed by atoms with E-state index >= 15 is 0 Å². The van der Waals surface area contributed by atoms with Crippen molar-refractivity contribution in [2.24, 2.45) is 0 Å². The van der Waals surface area contributed by atoms with Gasteiger partial charge < -0.3 is 14.1 Å². The molecular weight excluding hydrogens is 480 g/mol. The predicted octanol–water partition coefficient (Wildman–Crippen LogP) is 5.42. The Morgan fingerprint density at radius 3 is 2.36 bits per heavy atom. The molecule has 0 unspecified atom stereocenters. The van der Waals surface area contributed by atoms with Gasteiger partial charge in [-0.1, -0.05) is 52.3 Å². The molecule has 5 rings (SSSR count). The smallest absolute Gasteiger partial charge is 0.247 e. The van der Waals surface area contributed by atoms with Crippen molar-refractivity contribution < 1.29 is 9.15 Å². The number of anilines is 1. The Labute approximate surface area is 201 Å². The molecule has 0 aliphatic carbocycles. The van der Waals surface area contributed by atoms with Crippen molar-refractivity contribution in [3.8, 4) is 17.2 Å². The van der Waals surface area contributed by atoms with Crippen molar-refractivity contribution in [1.29, 1.82) is 0 Å². The first-order chi connectivity index (χ1) is 16.2. The fourth-order valence-electron chi connectivity index (χ4n) is 4.24. The predicted molar refractivity (Wildman–Crippen MR) is 132 cm³/mol. The molecule has 7 heteroatoms. The Morgan fingerprint density at radius 1 is 0.879 bits per heavy atom. The lowest BCUT2D eigenvalue weighted by molar-refractivity contribution is 0.188. The highest BCUT2D eigenvalue weighted by Crippen LogP contribution is 2.32. The molecule has 1 aliphatic heterocycles. The van der Waals surface area contributed by atoms with Crippen LogP contribution in [0.2, 0.25) is 0 Å². The van der Waals surface area contributed by atoms with Crippen molar-refractivity contribution in [2.45, 2.75) is 6.04 Å². The van der Waals surface area contributed by atoms with Crippen molar-refractivity contribution in [1.82, 2.24) is 15.1 Å². The second-order valence-corrected chi connectivity index (χ2v) is 8.91. The molecule has 1 aliphatic rings. The average Bonchev–Trinajstić information content (AvgIpc) is 3.36. The van der Waals surface area contributed by atoms with E-state index in [9.17, 15) is 0 Å². The van der Waals surface area contributed by atoms with Gasteiger partial charge in [-0.3, -0.25) is 4.90 Å². The number of benzene rings is 3. The molecule has 3 aromatic carbocycles. The second kappa shape index (κ2) is 9.77. The van der Waals surface area contributed by atoms with Gasteiger partial charge >= 0.3 is 0 Å². The van der Waals surface area contributed by atoms with E-state index in [4.69, 9.17) is 9.15 Å². The summed E-state index contributed by atoms with van der Waals surface area (Å²) in [6.45, 7) is 3.56. The number of halogens is 1. The summed E-state index contributed by atoms with van der Waals surface area (Å²) < 4.78 is 12.7. The standard InChI is InChI=1S/C26H25BrN4O2/c1-32-23-9-5-8-22(18-23)30-14-16-31(17-15-30)24(19-10-12-21(27)13-11-19)26-29-28-25(33-26)20-6-3-2-4-7-20/h2-13,18,24H,14-17H2,1H3/t24-/m1/s1. The molecule has 1 saturated heterocycles. The van der Waals surface area contributed by atoms with E-state index in [-0.39, 0.29) is 6.04 Å². The van der Waals surface area contributed by atoms with E-state index in [1.54, 1.807) is 7.11 Å². The summed E-state index contributed by atoms with van der Waals surface area (Å²) >= 11 is 3.55. The van der Waals surface area contributed by atoms with Gasteiger partial charge in [0.25, 0.3) is 0 Å². The summed E-state index contributed by atoms with van der Waals surface area (Å²) in [5, 5.41) is 8.82. The lowest BCUT2D eigenvalue weighted by Crippen LogP contribution is -2.48. The van der Waals surface area contributed by atoms with Gasteiger partial charge in [0.15, 0.2) is 0 Å². The van der Waals surface area contributed by atoms with Gasteiger partial charge in [-0.2, -0.15) is 0 Å².